The van der Waals surface area contributed by atoms with E-state index in [4.69, 9.17) is 0 Å². The average Bonchev–Trinajstić information content (AvgIpc) is 3.01. The first kappa shape index (κ1) is 24.3. The highest BCUT2D eigenvalue weighted by Gasteiger charge is 2.44. The first-order chi connectivity index (χ1) is 12.4. The third kappa shape index (κ3) is 6.68. The fourth-order valence-corrected chi connectivity index (χ4v) is 12.3. The van der Waals surface area contributed by atoms with Gasteiger partial charge in [0.05, 0.1) is 0 Å². The molecule has 1 heterocycles. The second kappa shape index (κ2) is 12.6. The molecule has 3 heteroatoms. The third-order valence-corrected chi connectivity index (χ3v) is 13.8. The van der Waals surface area contributed by atoms with Crippen LogP contribution < -0.4 is 0 Å². The predicted molar refractivity (Wildman–Crippen MR) is 130 cm³/mol. The van der Waals surface area contributed by atoms with Crippen LogP contribution in [0.1, 0.15) is 98.5 Å². The molecule has 0 saturated heterocycles. The quantitative estimate of drug-likeness (QED) is 0.107. The fraction of sp³-hybridized carbons (Fsp3) is 0.826. The Morgan fingerprint density at radius 2 is 1.23 bits per heavy atom. The first-order valence-corrected chi connectivity index (χ1v) is 14.8. The smallest absolute Gasteiger partial charge is 0.168 e. The van der Waals surface area contributed by atoms with Gasteiger partial charge in [-0.2, -0.15) is 0 Å². The summed E-state index contributed by atoms with van der Waals surface area (Å²) in [5, 5.41) is 0. The van der Waals surface area contributed by atoms with Gasteiger partial charge in [-0.3, -0.25) is 0 Å². The Hall–Kier alpha value is 0.227. The SMILES string of the molecule is CC(C)[Si](C(C)C)(C(C)C)n1ccc(CCCCCCCCCCI)c1. The molecule has 26 heavy (non-hydrogen) atoms. The zero-order valence-electron chi connectivity index (χ0n) is 18.4. The summed E-state index contributed by atoms with van der Waals surface area (Å²) in [7, 11) is -1.54. The summed E-state index contributed by atoms with van der Waals surface area (Å²) in [6, 6.07) is 2.40. The van der Waals surface area contributed by atoms with Gasteiger partial charge in [0, 0.05) is 0 Å². The number of halogens is 1. The molecule has 1 aromatic rings. The number of rotatable bonds is 14. The van der Waals surface area contributed by atoms with Crippen molar-refractivity contribution >= 4 is 30.8 Å². The van der Waals surface area contributed by atoms with Gasteiger partial charge < -0.3 is 4.23 Å². The van der Waals surface area contributed by atoms with Crippen molar-refractivity contribution in [2.45, 2.75) is 116 Å². The van der Waals surface area contributed by atoms with Crippen molar-refractivity contribution < 1.29 is 0 Å². The topological polar surface area (TPSA) is 4.93 Å². The van der Waals surface area contributed by atoms with Crippen LogP contribution in [0.3, 0.4) is 0 Å². The molecular weight excluding hydrogens is 445 g/mol. The van der Waals surface area contributed by atoms with Crippen LogP contribution in [-0.4, -0.2) is 16.9 Å². The largest absolute Gasteiger partial charge is 0.379 e. The molecule has 0 aliphatic heterocycles. The van der Waals surface area contributed by atoms with Crippen molar-refractivity contribution in [3.05, 3.63) is 24.0 Å². The number of nitrogens with zero attached hydrogens (tertiary/aromatic N) is 1. The standard InChI is InChI=1S/C23H44INSi/c1-20(2)26(21(3)4,22(5)6)25-18-16-23(19-25)15-13-11-9-7-8-10-12-14-17-24/h16,18-22H,7-15,17H2,1-6H3. The lowest BCUT2D eigenvalue weighted by Crippen LogP contribution is -2.51. The van der Waals surface area contributed by atoms with Crippen molar-refractivity contribution in [1.82, 2.24) is 4.23 Å². The minimum absolute atomic E-state index is 0.773. The number of unbranched alkanes of at least 4 members (excludes halogenated alkanes) is 7. The molecule has 0 amide bonds. The molecule has 1 nitrogen and oxygen atoms in total. The number of aryl methyl sites for hydroxylation is 1. The van der Waals surface area contributed by atoms with E-state index in [0.29, 0.717) is 0 Å². The molecule has 0 atom stereocenters. The van der Waals surface area contributed by atoms with Gasteiger partial charge >= 0.3 is 0 Å². The summed E-state index contributed by atoms with van der Waals surface area (Å²) in [5.41, 5.74) is 3.88. The molecule has 0 N–H and O–H groups in total. The van der Waals surface area contributed by atoms with E-state index in [1.165, 1.54) is 62.2 Å². The fourth-order valence-electron chi connectivity index (χ4n) is 5.21. The summed E-state index contributed by atoms with van der Waals surface area (Å²) < 4.78 is 4.02. The van der Waals surface area contributed by atoms with Crippen LogP contribution in [0, 0.1) is 0 Å². The molecule has 1 rings (SSSR count). The minimum atomic E-state index is -1.54. The van der Waals surface area contributed by atoms with Gasteiger partial charge in [0.25, 0.3) is 0 Å². The maximum absolute atomic E-state index is 2.69. The van der Waals surface area contributed by atoms with Crippen molar-refractivity contribution in [2.75, 3.05) is 4.43 Å². The second-order valence-corrected chi connectivity index (χ2v) is 15.9. The predicted octanol–water partition coefficient (Wildman–Crippen LogP) is 8.61. The van der Waals surface area contributed by atoms with Crippen molar-refractivity contribution in [3.8, 4) is 0 Å². The molecule has 0 fully saturated rings. The summed E-state index contributed by atoms with van der Waals surface area (Å²) >= 11 is 2.49. The molecular formula is C23H44INSi. The van der Waals surface area contributed by atoms with Gasteiger partial charge in [0.15, 0.2) is 8.24 Å². The molecule has 0 aromatic carbocycles. The van der Waals surface area contributed by atoms with Crippen LogP contribution in [0.4, 0.5) is 0 Å². The van der Waals surface area contributed by atoms with E-state index in [0.717, 1.165) is 16.6 Å². The number of hydrogen-bond acceptors (Lipinski definition) is 0. The van der Waals surface area contributed by atoms with E-state index < -0.39 is 8.24 Å². The normalized spacial score (nSPS) is 12.7. The average molecular weight is 490 g/mol. The van der Waals surface area contributed by atoms with Gasteiger partial charge in [-0.05, 0) is 64.3 Å². The minimum Gasteiger partial charge on any atom is -0.379 e. The van der Waals surface area contributed by atoms with Gasteiger partial charge in [-0.15, -0.1) is 0 Å². The van der Waals surface area contributed by atoms with Crippen molar-refractivity contribution in [3.63, 3.8) is 0 Å². The number of hydrogen-bond donors (Lipinski definition) is 0. The molecule has 0 bridgehead atoms. The van der Waals surface area contributed by atoms with Gasteiger partial charge in [-0.25, -0.2) is 0 Å². The van der Waals surface area contributed by atoms with E-state index in [-0.39, 0.29) is 0 Å². The molecule has 0 radical (unpaired) electrons. The Labute approximate surface area is 179 Å². The molecule has 152 valence electrons. The lowest BCUT2D eigenvalue weighted by molar-refractivity contribution is 0.577. The highest BCUT2D eigenvalue weighted by molar-refractivity contribution is 14.1. The summed E-state index contributed by atoms with van der Waals surface area (Å²) in [6.45, 7) is 14.7. The van der Waals surface area contributed by atoms with E-state index in [9.17, 15) is 0 Å². The highest BCUT2D eigenvalue weighted by atomic mass is 127. The Morgan fingerprint density at radius 3 is 1.69 bits per heavy atom. The molecule has 0 saturated carbocycles. The van der Waals surface area contributed by atoms with E-state index in [2.05, 4.69) is 86.8 Å². The highest BCUT2D eigenvalue weighted by Crippen LogP contribution is 2.42. The van der Waals surface area contributed by atoms with Crippen LogP contribution in [0.15, 0.2) is 18.5 Å². The van der Waals surface area contributed by atoms with Crippen LogP contribution in [0.2, 0.25) is 16.6 Å². The molecule has 0 aliphatic rings. The summed E-state index contributed by atoms with van der Waals surface area (Å²) in [5.74, 6) is 0. The Bertz CT molecular complexity index is 457. The lowest BCUT2D eigenvalue weighted by Gasteiger charge is -2.44. The van der Waals surface area contributed by atoms with Gasteiger partial charge in [0.2, 0.25) is 0 Å². The maximum Gasteiger partial charge on any atom is 0.168 e. The van der Waals surface area contributed by atoms with Crippen LogP contribution >= 0.6 is 22.6 Å². The molecule has 0 aliphatic carbocycles. The van der Waals surface area contributed by atoms with Crippen molar-refractivity contribution in [2.24, 2.45) is 0 Å². The zero-order chi connectivity index (χ0) is 19.6. The Kier molecular flexibility index (Phi) is 11.8. The molecule has 1 aromatic heterocycles. The maximum atomic E-state index is 2.69. The zero-order valence-corrected chi connectivity index (χ0v) is 21.5. The Morgan fingerprint density at radius 1 is 0.769 bits per heavy atom. The van der Waals surface area contributed by atoms with Gasteiger partial charge in [-0.1, -0.05) is 103 Å². The van der Waals surface area contributed by atoms with E-state index in [1.54, 1.807) is 5.56 Å². The van der Waals surface area contributed by atoms with E-state index >= 15 is 0 Å². The monoisotopic (exact) mass is 489 g/mol. The van der Waals surface area contributed by atoms with Crippen molar-refractivity contribution in [1.29, 1.82) is 0 Å². The number of aromatic nitrogens is 1. The van der Waals surface area contributed by atoms with Crippen LogP contribution in [0.5, 0.6) is 0 Å². The van der Waals surface area contributed by atoms with Gasteiger partial charge in [0.1, 0.15) is 0 Å². The third-order valence-electron chi connectivity index (χ3n) is 6.33. The first-order valence-electron chi connectivity index (χ1n) is 11.1. The second-order valence-electron chi connectivity index (χ2n) is 9.05. The summed E-state index contributed by atoms with van der Waals surface area (Å²) in [4.78, 5) is 0. The Balaban J connectivity index is 2.47. The summed E-state index contributed by atoms with van der Waals surface area (Å²) in [6.07, 6.45) is 17.5. The number of alkyl halides is 1. The molecule has 0 spiro atoms. The van der Waals surface area contributed by atoms with E-state index in [1.807, 2.05) is 0 Å². The molecule has 0 unspecified atom stereocenters. The van der Waals surface area contributed by atoms with Crippen LogP contribution in [0.25, 0.3) is 0 Å². The lowest BCUT2D eigenvalue weighted by atomic mass is 10.1. The van der Waals surface area contributed by atoms with Crippen LogP contribution in [-0.2, 0) is 6.42 Å².